The van der Waals surface area contributed by atoms with E-state index in [1.54, 1.807) is 36.4 Å². The summed E-state index contributed by atoms with van der Waals surface area (Å²) in [6.45, 7) is 3.94. The van der Waals surface area contributed by atoms with E-state index < -0.39 is 5.97 Å². The third kappa shape index (κ3) is 5.08. The molecule has 1 aromatic rings. The van der Waals surface area contributed by atoms with E-state index in [0.29, 0.717) is 12.1 Å². The van der Waals surface area contributed by atoms with Crippen molar-refractivity contribution in [3.8, 4) is 0 Å². The van der Waals surface area contributed by atoms with Crippen LogP contribution in [0.25, 0.3) is 0 Å². The summed E-state index contributed by atoms with van der Waals surface area (Å²) >= 11 is 0. The predicted octanol–water partition coefficient (Wildman–Crippen LogP) is 1.45. The number of nitrogens with two attached hydrogens (primary N) is 1. The second kappa shape index (κ2) is 7.97. The van der Waals surface area contributed by atoms with Gasteiger partial charge < -0.3 is 5.73 Å². The van der Waals surface area contributed by atoms with E-state index in [1.807, 2.05) is 0 Å². The van der Waals surface area contributed by atoms with Gasteiger partial charge in [-0.1, -0.05) is 24.3 Å². The second-order valence-corrected chi connectivity index (χ2v) is 2.27. The van der Waals surface area contributed by atoms with Crippen LogP contribution in [0.4, 0.5) is 0 Å². The highest BCUT2D eigenvalue weighted by atomic mass is 17.1. The Morgan fingerprint density at radius 2 is 2.00 bits per heavy atom. The lowest BCUT2D eigenvalue weighted by atomic mass is 10.2. The first-order chi connectivity index (χ1) is 6.76. The molecule has 0 fully saturated rings. The third-order valence-corrected chi connectivity index (χ3v) is 1.26. The van der Waals surface area contributed by atoms with Crippen LogP contribution in [0.2, 0.25) is 0 Å². The van der Waals surface area contributed by atoms with Gasteiger partial charge in [0.2, 0.25) is 0 Å². The Labute approximate surface area is 82.5 Å². The molecule has 1 rings (SSSR count). The molecule has 0 aliphatic rings. The summed E-state index contributed by atoms with van der Waals surface area (Å²) in [5, 5.41) is 7.94. The summed E-state index contributed by atoms with van der Waals surface area (Å²) < 4.78 is 0. The SMILES string of the molecule is C=CCN.O=C(OO)c1ccccc1. The molecule has 0 saturated carbocycles. The molecule has 0 spiro atoms. The minimum Gasteiger partial charge on any atom is -0.327 e. The second-order valence-electron chi connectivity index (χ2n) is 2.27. The average Bonchev–Trinajstić information content (AvgIpc) is 2.29. The number of carbonyl (C=O) groups is 1. The first kappa shape index (κ1) is 12.4. The van der Waals surface area contributed by atoms with Crippen LogP contribution < -0.4 is 5.73 Å². The molecular weight excluding hydrogens is 182 g/mol. The van der Waals surface area contributed by atoms with Gasteiger partial charge in [0.15, 0.2) is 0 Å². The van der Waals surface area contributed by atoms with Gasteiger partial charge in [0, 0.05) is 6.54 Å². The topological polar surface area (TPSA) is 72.6 Å². The van der Waals surface area contributed by atoms with Crippen LogP contribution in [0.15, 0.2) is 43.0 Å². The van der Waals surface area contributed by atoms with Crippen molar-refractivity contribution in [2.45, 2.75) is 0 Å². The Morgan fingerprint density at radius 1 is 1.50 bits per heavy atom. The molecule has 1 aromatic carbocycles. The highest BCUT2D eigenvalue weighted by Gasteiger charge is 2.02. The van der Waals surface area contributed by atoms with Gasteiger partial charge in [-0.3, -0.25) is 4.89 Å². The van der Waals surface area contributed by atoms with Gasteiger partial charge in [0.1, 0.15) is 0 Å². The van der Waals surface area contributed by atoms with Crippen LogP contribution in [-0.4, -0.2) is 17.8 Å². The number of carbonyl (C=O) groups excluding carboxylic acids is 1. The summed E-state index contributed by atoms with van der Waals surface area (Å²) in [5.74, 6) is -0.736. The lowest BCUT2D eigenvalue weighted by molar-refractivity contribution is -0.182. The van der Waals surface area contributed by atoms with Crippen molar-refractivity contribution >= 4 is 5.97 Å². The van der Waals surface area contributed by atoms with E-state index in [-0.39, 0.29) is 0 Å². The maximum atomic E-state index is 10.5. The Balaban J connectivity index is 0.000000364. The fraction of sp³-hybridized carbons (Fsp3) is 0.100. The molecule has 0 heterocycles. The summed E-state index contributed by atoms with van der Waals surface area (Å²) in [5.41, 5.74) is 5.25. The van der Waals surface area contributed by atoms with Crippen LogP contribution in [0.3, 0.4) is 0 Å². The Hall–Kier alpha value is -1.65. The van der Waals surface area contributed by atoms with E-state index in [1.165, 1.54) is 0 Å². The molecule has 0 bridgehead atoms. The van der Waals surface area contributed by atoms with Crippen LogP contribution in [0.1, 0.15) is 10.4 Å². The Bertz CT molecular complexity index is 272. The average molecular weight is 195 g/mol. The molecule has 0 aliphatic carbocycles. The van der Waals surface area contributed by atoms with Crippen molar-refractivity contribution in [1.82, 2.24) is 0 Å². The van der Waals surface area contributed by atoms with Crippen molar-refractivity contribution in [3.05, 3.63) is 48.6 Å². The first-order valence-electron chi connectivity index (χ1n) is 3.98. The van der Waals surface area contributed by atoms with Crippen LogP contribution in [0, 0.1) is 0 Å². The van der Waals surface area contributed by atoms with Gasteiger partial charge in [-0.05, 0) is 12.1 Å². The van der Waals surface area contributed by atoms with E-state index in [0.717, 1.165) is 0 Å². The molecule has 14 heavy (non-hydrogen) atoms. The quantitative estimate of drug-likeness (QED) is 0.425. The minimum absolute atomic E-state index is 0.338. The standard InChI is InChI=1S/C7H6O3.C3H7N/c8-7(10-9)6-4-2-1-3-5-6;1-2-3-4/h1-5,9H;2H,1,3-4H2. The van der Waals surface area contributed by atoms with Gasteiger partial charge in [-0.15, -0.1) is 6.58 Å². The first-order valence-corrected chi connectivity index (χ1v) is 3.98. The maximum absolute atomic E-state index is 10.5. The van der Waals surface area contributed by atoms with Crippen molar-refractivity contribution < 1.29 is 14.9 Å². The molecule has 4 heteroatoms. The van der Waals surface area contributed by atoms with Crippen molar-refractivity contribution in [2.24, 2.45) is 5.73 Å². The molecule has 0 radical (unpaired) electrons. The molecule has 4 nitrogen and oxygen atoms in total. The molecule has 0 aromatic heterocycles. The lowest BCUT2D eigenvalue weighted by Crippen LogP contribution is -2.00. The number of hydrogen-bond acceptors (Lipinski definition) is 4. The summed E-state index contributed by atoms with van der Waals surface area (Å²) in [6, 6.07) is 8.25. The lowest BCUT2D eigenvalue weighted by Gasteiger charge is -1.92. The van der Waals surface area contributed by atoms with Gasteiger partial charge >= 0.3 is 5.97 Å². The zero-order chi connectivity index (χ0) is 10.8. The Kier molecular flexibility index (Phi) is 7.03. The molecule has 3 N–H and O–H groups in total. The van der Waals surface area contributed by atoms with Crippen molar-refractivity contribution in [3.63, 3.8) is 0 Å². The monoisotopic (exact) mass is 195 g/mol. The van der Waals surface area contributed by atoms with Crippen LogP contribution in [0.5, 0.6) is 0 Å². The van der Waals surface area contributed by atoms with Gasteiger partial charge in [-0.25, -0.2) is 4.79 Å². The summed E-state index contributed by atoms with van der Waals surface area (Å²) in [6.07, 6.45) is 1.65. The molecule has 0 saturated heterocycles. The highest BCUT2D eigenvalue weighted by molar-refractivity contribution is 5.88. The third-order valence-electron chi connectivity index (χ3n) is 1.26. The predicted molar refractivity (Wildman–Crippen MR) is 53.7 cm³/mol. The van der Waals surface area contributed by atoms with E-state index in [2.05, 4.69) is 11.5 Å². The zero-order valence-corrected chi connectivity index (χ0v) is 7.72. The molecule has 0 amide bonds. The molecule has 0 aliphatic heterocycles. The van der Waals surface area contributed by atoms with E-state index in [4.69, 9.17) is 11.0 Å². The minimum atomic E-state index is -0.736. The van der Waals surface area contributed by atoms with Gasteiger partial charge in [-0.2, -0.15) is 5.26 Å². The van der Waals surface area contributed by atoms with Crippen molar-refractivity contribution in [1.29, 1.82) is 0 Å². The number of hydrogen-bond donors (Lipinski definition) is 2. The van der Waals surface area contributed by atoms with Gasteiger partial charge in [0.05, 0.1) is 5.56 Å². The summed E-state index contributed by atoms with van der Waals surface area (Å²) in [7, 11) is 0. The largest absolute Gasteiger partial charge is 0.372 e. The molecular formula is C10H13NO3. The fourth-order valence-corrected chi connectivity index (χ4v) is 0.627. The maximum Gasteiger partial charge on any atom is 0.372 e. The number of rotatable bonds is 2. The zero-order valence-electron chi connectivity index (χ0n) is 7.72. The highest BCUT2D eigenvalue weighted by Crippen LogP contribution is 1.98. The normalized spacial score (nSPS) is 8.14. The molecule has 0 atom stereocenters. The summed E-state index contributed by atoms with van der Waals surface area (Å²) in [4.78, 5) is 14.0. The van der Waals surface area contributed by atoms with Crippen molar-refractivity contribution in [2.75, 3.05) is 6.54 Å². The molecule has 76 valence electrons. The Morgan fingerprint density at radius 3 is 2.36 bits per heavy atom. The van der Waals surface area contributed by atoms with Crippen LogP contribution in [-0.2, 0) is 4.89 Å². The smallest absolute Gasteiger partial charge is 0.327 e. The van der Waals surface area contributed by atoms with E-state index >= 15 is 0 Å². The number of benzene rings is 1. The fourth-order valence-electron chi connectivity index (χ4n) is 0.627. The molecule has 0 unspecified atom stereocenters. The van der Waals surface area contributed by atoms with Gasteiger partial charge in [0.25, 0.3) is 0 Å². The van der Waals surface area contributed by atoms with E-state index in [9.17, 15) is 4.79 Å². The van der Waals surface area contributed by atoms with Crippen LogP contribution >= 0.6 is 0 Å².